The number of hydrogen-bond acceptors (Lipinski definition) is 5. The van der Waals surface area contributed by atoms with Crippen LogP contribution in [0, 0.1) is 0 Å². The maximum Gasteiger partial charge on any atom is 0.408 e. The maximum absolute atomic E-state index is 12.5. The molecule has 0 heterocycles. The summed E-state index contributed by atoms with van der Waals surface area (Å²) in [4.78, 5) is 46.8. The average Bonchev–Trinajstić information content (AvgIpc) is 2.75. The van der Waals surface area contributed by atoms with E-state index in [-0.39, 0.29) is 13.0 Å². The van der Waals surface area contributed by atoms with Gasteiger partial charge in [0.2, 0.25) is 11.8 Å². The van der Waals surface area contributed by atoms with Crippen LogP contribution in [0.5, 0.6) is 0 Å². The van der Waals surface area contributed by atoms with Crippen LogP contribution in [-0.2, 0) is 32.1 Å². The highest BCUT2D eigenvalue weighted by Crippen LogP contribution is 2.05. The SMILES string of the molecule is O=C(O)CNC(=O)CNC(=O)C(Cc1ccccc1)NC(=O)OCc1ccccc1. The Morgan fingerprint density at radius 3 is 2.03 bits per heavy atom. The number of nitrogens with one attached hydrogen (secondary N) is 3. The molecule has 0 saturated heterocycles. The van der Waals surface area contributed by atoms with Crippen LogP contribution in [0.1, 0.15) is 11.1 Å². The number of rotatable bonds is 10. The molecule has 0 bridgehead atoms. The molecule has 1 unspecified atom stereocenters. The number of benzene rings is 2. The third kappa shape index (κ3) is 8.42. The van der Waals surface area contributed by atoms with Gasteiger partial charge >= 0.3 is 12.1 Å². The molecule has 0 aliphatic heterocycles. The number of alkyl carbamates (subject to hydrolysis) is 1. The van der Waals surface area contributed by atoms with Gasteiger partial charge in [0.15, 0.2) is 0 Å². The Morgan fingerprint density at radius 1 is 0.833 bits per heavy atom. The van der Waals surface area contributed by atoms with Crippen molar-refractivity contribution < 1.29 is 29.0 Å². The Morgan fingerprint density at radius 2 is 1.43 bits per heavy atom. The number of ether oxygens (including phenoxy) is 1. The standard InChI is InChI=1S/C21H23N3O6/c25-18(22-13-19(26)27)12-23-20(28)17(11-15-7-3-1-4-8-15)24-21(29)30-14-16-9-5-2-6-10-16/h1-10,17H,11-14H2,(H,22,25)(H,23,28)(H,24,29)(H,26,27). The molecule has 158 valence electrons. The lowest BCUT2D eigenvalue weighted by atomic mass is 10.1. The van der Waals surface area contributed by atoms with Gasteiger partial charge in [-0.3, -0.25) is 14.4 Å². The second-order valence-corrected chi connectivity index (χ2v) is 6.34. The van der Waals surface area contributed by atoms with Gasteiger partial charge in [0, 0.05) is 6.42 Å². The van der Waals surface area contributed by atoms with E-state index in [1.165, 1.54) is 0 Å². The smallest absolute Gasteiger partial charge is 0.408 e. The van der Waals surface area contributed by atoms with Crippen molar-refractivity contribution in [2.24, 2.45) is 0 Å². The normalized spacial score (nSPS) is 11.1. The van der Waals surface area contributed by atoms with Crippen LogP contribution in [0.2, 0.25) is 0 Å². The summed E-state index contributed by atoms with van der Waals surface area (Å²) in [6, 6.07) is 17.1. The van der Waals surface area contributed by atoms with Gasteiger partial charge in [-0.15, -0.1) is 0 Å². The van der Waals surface area contributed by atoms with E-state index in [2.05, 4.69) is 16.0 Å². The third-order valence-electron chi connectivity index (χ3n) is 3.96. The summed E-state index contributed by atoms with van der Waals surface area (Å²) in [5.74, 6) is -2.45. The highest BCUT2D eigenvalue weighted by Gasteiger charge is 2.22. The molecule has 0 saturated carbocycles. The molecule has 0 aliphatic carbocycles. The minimum atomic E-state index is -1.19. The molecule has 0 fully saturated rings. The Bertz CT molecular complexity index is 858. The van der Waals surface area contributed by atoms with Gasteiger partial charge in [-0.25, -0.2) is 4.79 Å². The van der Waals surface area contributed by atoms with Gasteiger partial charge < -0.3 is 25.8 Å². The Kier molecular flexibility index (Phi) is 8.85. The van der Waals surface area contributed by atoms with Crippen molar-refractivity contribution in [3.8, 4) is 0 Å². The largest absolute Gasteiger partial charge is 0.480 e. The first-order valence-corrected chi connectivity index (χ1v) is 9.21. The minimum absolute atomic E-state index is 0.0456. The van der Waals surface area contributed by atoms with E-state index in [1.807, 2.05) is 24.3 Å². The molecule has 3 amide bonds. The van der Waals surface area contributed by atoms with Crippen molar-refractivity contribution in [1.29, 1.82) is 0 Å². The van der Waals surface area contributed by atoms with E-state index in [4.69, 9.17) is 9.84 Å². The summed E-state index contributed by atoms with van der Waals surface area (Å²) in [5, 5.41) is 15.6. The fourth-order valence-corrected chi connectivity index (χ4v) is 2.49. The summed E-state index contributed by atoms with van der Waals surface area (Å²) in [7, 11) is 0. The van der Waals surface area contributed by atoms with E-state index in [1.54, 1.807) is 36.4 Å². The van der Waals surface area contributed by atoms with Crippen LogP contribution in [0.3, 0.4) is 0 Å². The van der Waals surface area contributed by atoms with E-state index < -0.39 is 43.0 Å². The quantitative estimate of drug-likeness (QED) is 0.456. The maximum atomic E-state index is 12.5. The van der Waals surface area contributed by atoms with E-state index in [0.717, 1.165) is 11.1 Å². The van der Waals surface area contributed by atoms with Crippen molar-refractivity contribution in [2.75, 3.05) is 13.1 Å². The molecule has 2 aromatic rings. The molecule has 30 heavy (non-hydrogen) atoms. The molecule has 0 aromatic heterocycles. The predicted octanol–water partition coefficient (Wildman–Crippen LogP) is 0.841. The molecule has 2 aromatic carbocycles. The summed E-state index contributed by atoms with van der Waals surface area (Å²) in [6.07, 6.45) is -0.589. The first kappa shape index (κ1) is 22.4. The lowest BCUT2D eigenvalue weighted by Crippen LogP contribution is -2.50. The molecule has 1 atom stereocenters. The second-order valence-electron chi connectivity index (χ2n) is 6.34. The fourth-order valence-electron chi connectivity index (χ4n) is 2.49. The zero-order chi connectivity index (χ0) is 21.8. The van der Waals surface area contributed by atoms with E-state index in [0.29, 0.717) is 0 Å². The lowest BCUT2D eigenvalue weighted by molar-refractivity contribution is -0.137. The van der Waals surface area contributed by atoms with Gasteiger partial charge in [-0.05, 0) is 11.1 Å². The molecule has 0 aliphatic rings. The van der Waals surface area contributed by atoms with Crippen LogP contribution >= 0.6 is 0 Å². The first-order chi connectivity index (χ1) is 14.4. The zero-order valence-electron chi connectivity index (χ0n) is 16.2. The van der Waals surface area contributed by atoms with Crippen molar-refractivity contribution in [2.45, 2.75) is 19.1 Å². The monoisotopic (exact) mass is 413 g/mol. The van der Waals surface area contributed by atoms with Crippen molar-refractivity contribution in [3.05, 3.63) is 71.8 Å². The zero-order valence-corrected chi connectivity index (χ0v) is 16.2. The van der Waals surface area contributed by atoms with Gasteiger partial charge in [0.1, 0.15) is 19.2 Å². The fraction of sp³-hybridized carbons (Fsp3) is 0.238. The van der Waals surface area contributed by atoms with Gasteiger partial charge in [-0.2, -0.15) is 0 Å². The lowest BCUT2D eigenvalue weighted by Gasteiger charge is -2.18. The molecule has 9 nitrogen and oxygen atoms in total. The van der Waals surface area contributed by atoms with Crippen LogP contribution in [0.4, 0.5) is 4.79 Å². The van der Waals surface area contributed by atoms with Crippen LogP contribution in [0.15, 0.2) is 60.7 Å². The Hall–Kier alpha value is -3.88. The number of aliphatic carboxylic acids is 1. The van der Waals surface area contributed by atoms with Gasteiger partial charge in [-0.1, -0.05) is 60.7 Å². The molecule has 0 spiro atoms. The summed E-state index contributed by atoms with van der Waals surface area (Å²) >= 11 is 0. The summed E-state index contributed by atoms with van der Waals surface area (Å²) in [5.41, 5.74) is 1.60. The molecular weight excluding hydrogens is 390 g/mol. The topological polar surface area (TPSA) is 134 Å². The number of carbonyl (C=O) groups is 4. The molecule has 2 rings (SSSR count). The Balaban J connectivity index is 1.93. The van der Waals surface area contributed by atoms with E-state index in [9.17, 15) is 19.2 Å². The number of amides is 3. The van der Waals surface area contributed by atoms with Crippen molar-refractivity contribution in [3.63, 3.8) is 0 Å². The van der Waals surface area contributed by atoms with Gasteiger partial charge in [0.25, 0.3) is 0 Å². The highest BCUT2D eigenvalue weighted by molar-refractivity contribution is 5.90. The predicted molar refractivity (Wildman–Crippen MR) is 107 cm³/mol. The summed E-state index contributed by atoms with van der Waals surface area (Å²) < 4.78 is 5.16. The van der Waals surface area contributed by atoms with Crippen molar-refractivity contribution >= 4 is 23.9 Å². The van der Waals surface area contributed by atoms with Crippen LogP contribution in [-0.4, -0.2) is 48.1 Å². The van der Waals surface area contributed by atoms with Gasteiger partial charge in [0.05, 0.1) is 6.54 Å². The van der Waals surface area contributed by atoms with Crippen LogP contribution < -0.4 is 16.0 Å². The molecule has 0 radical (unpaired) electrons. The molecular formula is C21H23N3O6. The van der Waals surface area contributed by atoms with Crippen molar-refractivity contribution in [1.82, 2.24) is 16.0 Å². The number of carboxylic acid groups (broad SMARTS) is 1. The average molecular weight is 413 g/mol. The molecule has 4 N–H and O–H groups in total. The minimum Gasteiger partial charge on any atom is -0.480 e. The first-order valence-electron chi connectivity index (χ1n) is 9.21. The van der Waals surface area contributed by atoms with Crippen LogP contribution in [0.25, 0.3) is 0 Å². The number of carboxylic acids is 1. The Labute approximate surface area is 173 Å². The third-order valence-corrected chi connectivity index (χ3v) is 3.96. The highest BCUT2D eigenvalue weighted by atomic mass is 16.5. The van der Waals surface area contributed by atoms with E-state index >= 15 is 0 Å². The number of hydrogen-bond donors (Lipinski definition) is 4. The summed E-state index contributed by atoms with van der Waals surface area (Å²) in [6.45, 7) is -0.922. The molecule has 9 heteroatoms. The second kappa shape index (κ2) is 11.8. The number of carbonyl (C=O) groups excluding carboxylic acids is 3.